The molecule has 0 spiro atoms. The summed E-state index contributed by atoms with van der Waals surface area (Å²) in [5.41, 5.74) is 1.88. The van der Waals surface area contributed by atoms with E-state index in [1.165, 1.54) is 0 Å². The summed E-state index contributed by atoms with van der Waals surface area (Å²) in [7, 11) is 0. The van der Waals surface area contributed by atoms with Crippen molar-refractivity contribution in [2.24, 2.45) is 0 Å². The Hall–Kier alpha value is -3.92. The van der Waals surface area contributed by atoms with Gasteiger partial charge in [0.15, 0.2) is 5.82 Å². The topological polar surface area (TPSA) is 126 Å². The highest BCUT2D eigenvalue weighted by atomic mass is 79.9. The van der Waals surface area contributed by atoms with Crippen LogP contribution in [0.4, 0.5) is 11.5 Å². The minimum atomic E-state index is -0.381. The number of carbonyl (C=O) groups excluding carboxylic acids is 2. The quantitative estimate of drug-likeness (QED) is 0.415. The Bertz CT molecular complexity index is 1180. The Morgan fingerprint density at radius 1 is 0.900 bits per heavy atom. The number of hydrogen-bond acceptors (Lipinski definition) is 6. The number of pyridine rings is 1. The van der Waals surface area contributed by atoms with Gasteiger partial charge >= 0.3 is 0 Å². The number of H-pyrrole nitrogens is 1. The van der Waals surface area contributed by atoms with Gasteiger partial charge in [-0.05, 0) is 62.8 Å². The molecule has 0 unspecified atom stereocenters. The molecule has 0 aliphatic carbocycles. The third-order valence-electron chi connectivity index (χ3n) is 4.15. The Labute approximate surface area is 179 Å². The molecule has 2 amide bonds. The summed E-state index contributed by atoms with van der Waals surface area (Å²) in [6, 6.07) is 17.0. The predicted octanol–water partition coefficient (Wildman–Crippen LogP) is 3.53. The van der Waals surface area contributed by atoms with Crippen molar-refractivity contribution < 1.29 is 9.59 Å². The molecule has 2 aromatic carbocycles. The first kappa shape index (κ1) is 19.4. The Morgan fingerprint density at radius 3 is 2.40 bits per heavy atom. The summed E-state index contributed by atoms with van der Waals surface area (Å²) in [5, 5.41) is 19.0. The van der Waals surface area contributed by atoms with Gasteiger partial charge in [0.05, 0.1) is 11.3 Å². The number of amides is 2. The maximum atomic E-state index is 12.7. The number of anilines is 2. The highest BCUT2D eigenvalue weighted by Crippen LogP contribution is 2.20. The zero-order chi connectivity index (χ0) is 20.9. The molecule has 0 bridgehead atoms. The van der Waals surface area contributed by atoms with Crippen LogP contribution in [0, 0.1) is 0 Å². The van der Waals surface area contributed by atoms with Gasteiger partial charge in [0.25, 0.3) is 11.8 Å². The summed E-state index contributed by atoms with van der Waals surface area (Å²) in [4.78, 5) is 29.5. The Morgan fingerprint density at radius 2 is 1.70 bits per heavy atom. The SMILES string of the molecule is O=C(Nc1ccccc1C(=O)Nc1ccc(Br)cn1)c1ccc(-c2nnn[nH]2)cc1. The number of aromatic amines is 1. The molecule has 4 aromatic rings. The van der Waals surface area contributed by atoms with Crippen LogP contribution in [0.5, 0.6) is 0 Å². The summed E-state index contributed by atoms with van der Waals surface area (Å²) in [5.74, 6) is 0.181. The number of rotatable bonds is 5. The van der Waals surface area contributed by atoms with Gasteiger partial charge in [0.1, 0.15) is 5.82 Å². The van der Waals surface area contributed by atoms with E-state index in [2.05, 4.69) is 52.2 Å². The van der Waals surface area contributed by atoms with E-state index in [1.807, 2.05) is 0 Å². The molecule has 0 saturated heterocycles. The number of carbonyl (C=O) groups is 2. The summed E-state index contributed by atoms with van der Waals surface area (Å²) in [6.45, 7) is 0. The van der Waals surface area contributed by atoms with E-state index in [-0.39, 0.29) is 11.8 Å². The average molecular weight is 464 g/mol. The van der Waals surface area contributed by atoms with Gasteiger partial charge in [-0.2, -0.15) is 0 Å². The van der Waals surface area contributed by atoms with Crippen LogP contribution >= 0.6 is 15.9 Å². The molecule has 148 valence electrons. The Kier molecular flexibility index (Phi) is 5.57. The molecule has 0 aliphatic rings. The fourth-order valence-electron chi connectivity index (χ4n) is 2.68. The van der Waals surface area contributed by atoms with Gasteiger partial charge in [0.2, 0.25) is 0 Å². The molecule has 9 nitrogen and oxygen atoms in total. The molecule has 0 saturated carbocycles. The van der Waals surface area contributed by atoms with Gasteiger partial charge in [-0.25, -0.2) is 10.1 Å². The zero-order valence-corrected chi connectivity index (χ0v) is 16.9. The molecule has 2 aromatic heterocycles. The monoisotopic (exact) mass is 463 g/mol. The van der Waals surface area contributed by atoms with Crippen molar-refractivity contribution in [1.29, 1.82) is 0 Å². The van der Waals surface area contributed by atoms with Crippen molar-refractivity contribution >= 4 is 39.2 Å². The van der Waals surface area contributed by atoms with Crippen molar-refractivity contribution in [3.05, 3.63) is 82.5 Å². The van der Waals surface area contributed by atoms with Gasteiger partial charge < -0.3 is 10.6 Å². The van der Waals surface area contributed by atoms with Crippen molar-refractivity contribution in [2.45, 2.75) is 0 Å². The van der Waals surface area contributed by atoms with Gasteiger partial charge in [-0.1, -0.05) is 24.3 Å². The predicted molar refractivity (Wildman–Crippen MR) is 114 cm³/mol. The van der Waals surface area contributed by atoms with Crippen LogP contribution in [0.25, 0.3) is 11.4 Å². The van der Waals surface area contributed by atoms with Crippen LogP contribution in [0.3, 0.4) is 0 Å². The van der Waals surface area contributed by atoms with E-state index in [0.717, 1.165) is 10.0 Å². The fraction of sp³-hybridized carbons (Fsp3) is 0. The molecular weight excluding hydrogens is 450 g/mol. The molecule has 4 rings (SSSR count). The second kappa shape index (κ2) is 8.62. The van der Waals surface area contributed by atoms with Gasteiger partial charge in [0, 0.05) is 21.8 Å². The van der Waals surface area contributed by atoms with Crippen molar-refractivity contribution in [3.8, 4) is 11.4 Å². The third kappa shape index (κ3) is 4.39. The number of para-hydroxylation sites is 1. The average Bonchev–Trinajstić information content (AvgIpc) is 3.31. The minimum Gasteiger partial charge on any atom is -0.321 e. The first-order chi connectivity index (χ1) is 14.6. The highest BCUT2D eigenvalue weighted by Gasteiger charge is 2.15. The van der Waals surface area contributed by atoms with Gasteiger partial charge in [-0.15, -0.1) is 5.10 Å². The molecule has 2 heterocycles. The largest absolute Gasteiger partial charge is 0.321 e. The lowest BCUT2D eigenvalue weighted by Gasteiger charge is -2.11. The number of nitrogens with zero attached hydrogens (tertiary/aromatic N) is 4. The van der Waals surface area contributed by atoms with Crippen molar-refractivity contribution in [2.75, 3.05) is 10.6 Å². The highest BCUT2D eigenvalue weighted by molar-refractivity contribution is 9.10. The van der Waals surface area contributed by atoms with Gasteiger partial charge in [-0.3, -0.25) is 9.59 Å². The van der Waals surface area contributed by atoms with Crippen LogP contribution < -0.4 is 10.6 Å². The number of tetrazole rings is 1. The molecule has 0 atom stereocenters. The maximum Gasteiger partial charge on any atom is 0.258 e. The molecule has 0 aliphatic heterocycles. The molecule has 0 fully saturated rings. The molecule has 30 heavy (non-hydrogen) atoms. The minimum absolute atomic E-state index is 0.319. The molecule has 10 heteroatoms. The van der Waals surface area contributed by atoms with E-state index >= 15 is 0 Å². The van der Waals surface area contributed by atoms with E-state index in [1.54, 1.807) is 66.9 Å². The number of hydrogen-bond donors (Lipinski definition) is 3. The lowest BCUT2D eigenvalue weighted by Crippen LogP contribution is -2.18. The smallest absolute Gasteiger partial charge is 0.258 e. The number of aromatic nitrogens is 5. The van der Waals surface area contributed by atoms with E-state index in [4.69, 9.17) is 0 Å². The standard InChI is InChI=1S/C20H14BrN7O2/c21-14-9-10-17(22-11-14)24-20(30)15-3-1-2-4-16(15)23-19(29)13-7-5-12(6-8-13)18-25-27-28-26-18/h1-11H,(H,23,29)(H,22,24,30)(H,25,26,27,28). The summed E-state index contributed by atoms with van der Waals surface area (Å²) in [6.07, 6.45) is 1.59. The van der Waals surface area contributed by atoms with E-state index in [0.29, 0.717) is 28.5 Å². The normalized spacial score (nSPS) is 10.4. The summed E-state index contributed by atoms with van der Waals surface area (Å²) >= 11 is 3.30. The fourth-order valence-corrected chi connectivity index (χ4v) is 2.91. The van der Waals surface area contributed by atoms with E-state index < -0.39 is 0 Å². The van der Waals surface area contributed by atoms with Crippen LogP contribution in [-0.4, -0.2) is 37.4 Å². The van der Waals surface area contributed by atoms with Crippen LogP contribution in [0.1, 0.15) is 20.7 Å². The maximum absolute atomic E-state index is 12.7. The summed E-state index contributed by atoms with van der Waals surface area (Å²) < 4.78 is 0.804. The number of nitrogens with one attached hydrogen (secondary N) is 3. The number of halogens is 1. The van der Waals surface area contributed by atoms with Crippen molar-refractivity contribution in [1.82, 2.24) is 25.6 Å². The van der Waals surface area contributed by atoms with Crippen molar-refractivity contribution in [3.63, 3.8) is 0 Å². The van der Waals surface area contributed by atoms with Crippen LogP contribution in [0.2, 0.25) is 0 Å². The van der Waals surface area contributed by atoms with Crippen LogP contribution in [0.15, 0.2) is 71.3 Å². The van der Waals surface area contributed by atoms with E-state index in [9.17, 15) is 9.59 Å². The second-order valence-corrected chi connectivity index (χ2v) is 7.06. The lowest BCUT2D eigenvalue weighted by molar-refractivity contribution is 0.102. The zero-order valence-electron chi connectivity index (χ0n) is 15.3. The second-order valence-electron chi connectivity index (χ2n) is 6.14. The lowest BCUT2D eigenvalue weighted by atomic mass is 10.1. The third-order valence-corrected chi connectivity index (χ3v) is 4.62. The number of benzene rings is 2. The van der Waals surface area contributed by atoms with Crippen LogP contribution in [-0.2, 0) is 0 Å². The first-order valence-electron chi connectivity index (χ1n) is 8.77. The first-order valence-corrected chi connectivity index (χ1v) is 9.57. The molecule has 0 radical (unpaired) electrons. The molecule has 3 N–H and O–H groups in total. The Balaban J connectivity index is 1.50. The molecular formula is C20H14BrN7O2.